The molecular formula is C12H14N2OS. The summed E-state index contributed by atoms with van der Waals surface area (Å²) in [5.41, 5.74) is 1.14. The number of rotatable bonds is 5. The lowest BCUT2D eigenvalue weighted by Gasteiger charge is -2.11. The third kappa shape index (κ3) is 3.31. The first-order chi connectivity index (χ1) is 7.84. The predicted octanol–water partition coefficient (Wildman–Crippen LogP) is 3.27. The minimum absolute atomic E-state index is 0.416. The van der Waals surface area contributed by atoms with E-state index in [4.69, 9.17) is 4.42 Å². The molecule has 0 saturated carbocycles. The van der Waals surface area contributed by atoms with Crippen LogP contribution in [0.4, 0.5) is 5.69 Å². The number of nitrogens with zero attached hydrogens (tertiary/aromatic N) is 1. The fourth-order valence-electron chi connectivity index (χ4n) is 1.30. The quantitative estimate of drug-likeness (QED) is 0.806. The van der Waals surface area contributed by atoms with Crippen molar-refractivity contribution in [1.29, 1.82) is 0 Å². The molecule has 0 amide bonds. The van der Waals surface area contributed by atoms with E-state index in [-0.39, 0.29) is 0 Å². The highest BCUT2D eigenvalue weighted by Gasteiger charge is 2.07. The molecule has 1 unspecified atom stereocenters. The van der Waals surface area contributed by atoms with Crippen LogP contribution in [-0.4, -0.2) is 16.8 Å². The molecular weight excluding hydrogens is 220 g/mol. The van der Waals surface area contributed by atoms with Crippen LogP contribution >= 0.6 is 11.8 Å². The lowest BCUT2D eigenvalue weighted by Crippen LogP contribution is -2.12. The van der Waals surface area contributed by atoms with Crippen molar-refractivity contribution >= 4 is 17.4 Å². The van der Waals surface area contributed by atoms with Gasteiger partial charge in [-0.25, -0.2) is 4.98 Å². The van der Waals surface area contributed by atoms with Crippen LogP contribution < -0.4 is 5.32 Å². The zero-order valence-electron chi connectivity index (χ0n) is 9.09. The maximum absolute atomic E-state index is 5.18. The smallest absolute Gasteiger partial charge is 0.255 e. The maximum Gasteiger partial charge on any atom is 0.255 e. The lowest BCUT2D eigenvalue weighted by atomic mass is 10.3. The van der Waals surface area contributed by atoms with Gasteiger partial charge in [-0.3, -0.25) is 0 Å². The highest BCUT2D eigenvalue weighted by atomic mass is 32.2. The third-order valence-electron chi connectivity index (χ3n) is 2.08. The molecule has 16 heavy (non-hydrogen) atoms. The molecule has 0 aliphatic heterocycles. The minimum atomic E-state index is 0.416. The number of anilines is 1. The zero-order chi connectivity index (χ0) is 11.2. The number of nitrogens with one attached hydrogen (secondary N) is 1. The number of hydrogen-bond acceptors (Lipinski definition) is 4. The van der Waals surface area contributed by atoms with Crippen LogP contribution in [0.2, 0.25) is 0 Å². The Kier molecular flexibility index (Phi) is 3.88. The van der Waals surface area contributed by atoms with Gasteiger partial charge in [-0.05, 0) is 12.1 Å². The van der Waals surface area contributed by atoms with Gasteiger partial charge in [-0.2, -0.15) is 0 Å². The van der Waals surface area contributed by atoms with Gasteiger partial charge in [0, 0.05) is 17.5 Å². The van der Waals surface area contributed by atoms with E-state index in [1.165, 1.54) is 0 Å². The van der Waals surface area contributed by atoms with Crippen LogP contribution in [0.15, 0.2) is 52.4 Å². The summed E-state index contributed by atoms with van der Waals surface area (Å²) in [4.78, 5) is 4.08. The Hall–Kier alpha value is -1.42. The van der Waals surface area contributed by atoms with Crippen molar-refractivity contribution in [1.82, 2.24) is 4.98 Å². The summed E-state index contributed by atoms with van der Waals surface area (Å²) < 4.78 is 5.18. The number of thioether (sulfide) groups is 1. The van der Waals surface area contributed by atoms with E-state index >= 15 is 0 Å². The van der Waals surface area contributed by atoms with Crippen LogP contribution in [0.5, 0.6) is 0 Å². The van der Waals surface area contributed by atoms with Crippen LogP contribution in [-0.2, 0) is 0 Å². The molecule has 3 nitrogen and oxygen atoms in total. The van der Waals surface area contributed by atoms with E-state index in [1.54, 1.807) is 24.2 Å². The minimum Gasteiger partial charge on any atom is -0.440 e. The van der Waals surface area contributed by atoms with Gasteiger partial charge in [-0.1, -0.05) is 36.9 Å². The Balaban J connectivity index is 1.78. The van der Waals surface area contributed by atoms with Gasteiger partial charge in [0.15, 0.2) is 0 Å². The van der Waals surface area contributed by atoms with Crippen LogP contribution in [0, 0.1) is 0 Å². The topological polar surface area (TPSA) is 38.1 Å². The van der Waals surface area contributed by atoms with Crippen molar-refractivity contribution < 1.29 is 4.42 Å². The maximum atomic E-state index is 5.18. The second kappa shape index (κ2) is 5.61. The molecule has 0 aliphatic rings. The summed E-state index contributed by atoms with van der Waals surface area (Å²) >= 11 is 1.63. The molecule has 0 aliphatic carbocycles. The van der Waals surface area contributed by atoms with Crippen molar-refractivity contribution in [3.8, 4) is 0 Å². The van der Waals surface area contributed by atoms with Crippen molar-refractivity contribution in [3.05, 3.63) is 42.8 Å². The monoisotopic (exact) mass is 234 g/mol. The van der Waals surface area contributed by atoms with E-state index in [2.05, 4.69) is 29.4 Å². The van der Waals surface area contributed by atoms with E-state index in [1.807, 2.05) is 18.2 Å². The van der Waals surface area contributed by atoms with E-state index in [0.717, 1.165) is 17.5 Å². The largest absolute Gasteiger partial charge is 0.440 e. The summed E-state index contributed by atoms with van der Waals surface area (Å²) in [7, 11) is 0. The van der Waals surface area contributed by atoms with Crippen molar-refractivity contribution in [2.24, 2.45) is 0 Å². The summed E-state index contributed by atoms with van der Waals surface area (Å²) in [6.07, 6.45) is 3.26. The van der Waals surface area contributed by atoms with Gasteiger partial charge in [0.1, 0.15) is 6.26 Å². The Labute approximate surface area is 99.3 Å². The van der Waals surface area contributed by atoms with Crippen LogP contribution in [0.1, 0.15) is 6.92 Å². The average Bonchev–Trinajstić information content (AvgIpc) is 2.81. The highest BCUT2D eigenvalue weighted by Crippen LogP contribution is 2.21. The summed E-state index contributed by atoms with van der Waals surface area (Å²) in [5.74, 6) is 0. The molecule has 1 heterocycles. The van der Waals surface area contributed by atoms with E-state index in [0.29, 0.717) is 5.25 Å². The van der Waals surface area contributed by atoms with Crippen molar-refractivity contribution in [3.63, 3.8) is 0 Å². The van der Waals surface area contributed by atoms with Crippen LogP contribution in [0.25, 0.3) is 0 Å². The molecule has 84 valence electrons. The first-order valence-electron chi connectivity index (χ1n) is 5.19. The average molecular weight is 234 g/mol. The van der Waals surface area contributed by atoms with Crippen molar-refractivity contribution in [2.75, 3.05) is 11.9 Å². The zero-order valence-corrected chi connectivity index (χ0v) is 9.91. The SMILES string of the molecule is CC(CNc1ccccc1)Sc1ncco1. The number of benzene rings is 1. The Morgan fingerprint density at radius 1 is 1.38 bits per heavy atom. The molecule has 0 saturated heterocycles. The Morgan fingerprint density at radius 3 is 2.88 bits per heavy atom. The third-order valence-corrected chi connectivity index (χ3v) is 3.05. The number of oxazole rings is 1. The number of hydrogen-bond donors (Lipinski definition) is 1. The molecule has 2 aromatic rings. The van der Waals surface area contributed by atoms with Gasteiger partial charge in [0.05, 0.1) is 6.20 Å². The molecule has 2 rings (SSSR count). The van der Waals surface area contributed by atoms with Crippen LogP contribution in [0.3, 0.4) is 0 Å². The standard InChI is InChI=1S/C12H14N2OS/c1-10(16-12-13-7-8-15-12)9-14-11-5-3-2-4-6-11/h2-8,10,14H,9H2,1H3. The van der Waals surface area contributed by atoms with Gasteiger partial charge in [-0.15, -0.1) is 0 Å². The second-order valence-electron chi connectivity index (χ2n) is 3.47. The Bertz CT molecular complexity index is 402. The first-order valence-corrected chi connectivity index (χ1v) is 6.07. The summed E-state index contributed by atoms with van der Waals surface area (Å²) in [6.45, 7) is 3.03. The van der Waals surface area contributed by atoms with Gasteiger partial charge in [0.2, 0.25) is 0 Å². The van der Waals surface area contributed by atoms with Crippen molar-refractivity contribution in [2.45, 2.75) is 17.4 Å². The summed E-state index contributed by atoms with van der Waals surface area (Å²) in [5, 5.41) is 4.51. The molecule has 0 fully saturated rings. The molecule has 1 aromatic carbocycles. The normalized spacial score (nSPS) is 12.3. The summed E-state index contributed by atoms with van der Waals surface area (Å²) in [6, 6.07) is 10.2. The second-order valence-corrected chi connectivity index (χ2v) is 4.86. The fraction of sp³-hybridized carbons (Fsp3) is 0.250. The van der Waals surface area contributed by atoms with E-state index < -0.39 is 0 Å². The van der Waals surface area contributed by atoms with Gasteiger partial charge in [0.25, 0.3) is 5.22 Å². The number of para-hydroxylation sites is 1. The van der Waals surface area contributed by atoms with E-state index in [9.17, 15) is 0 Å². The molecule has 1 aromatic heterocycles. The highest BCUT2D eigenvalue weighted by molar-refractivity contribution is 7.99. The molecule has 0 radical (unpaired) electrons. The molecule has 0 spiro atoms. The molecule has 4 heteroatoms. The molecule has 1 atom stereocenters. The molecule has 0 bridgehead atoms. The Morgan fingerprint density at radius 2 is 2.19 bits per heavy atom. The predicted molar refractivity (Wildman–Crippen MR) is 66.8 cm³/mol. The molecule has 1 N–H and O–H groups in total. The number of aromatic nitrogens is 1. The lowest BCUT2D eigenvalue weighted by molar-refractivity contribution is 0.453. The first kappa shape index (κ1) is 11.1. The fourth-order valence-corrected chi connectivity index (χ4v) is 2.04. The van der Waals surface area contributed by atoms with Gasteiger partial charge >= 0.3 is 0 Å². The van der Waals surface area contributed by atoms with Gasteiger partial charge < -0.3 is 9.73 Å².